The molecule has 246 valence electrons. The van der Waals surface area contributed by atoms with Crippen molar-refractivity contribution in [1.82, 2.24) is 19.8 Å². The summed E-state index contributed by atoms with van der Waals surface area (Å²) in [4.78, 5) is 17.6. The van der Waals surface area contributed by atoms with Crippen LogP contribution in [0.1, 0.15) is 68.2 Å². The van der Waals surface area contributed by atoms with Gasteiger partial charge in [-0.25, -0.2) is 4.98 Å². The molecule has 6 nitrogen and oxygen atoms in total. The SMILES string of the molecule is CC1=C(c2cc(Cl)ccc2C)CCN([C-]=O)C1c1ccc(OCCCCCCNCCCn2ccnc2)cc1.Clc1cc[c-]cc1.[U+2]. The van der Waals surface area contributed by atoms with Crippen molar-refractivity contribution >= 4 is 35.2 Å². The molecule has 0 saturated carbocycles. The van der Waals surface area contributed by atoms with Crippen LogP contribution in [0.3, 0.4) is 0 Å². The Morgan fingerprint density at radius 2 is 1.70 bits per heavy atom. The molecule has 1 amide bonds. The van der Waals surface area contributed by atoms with Gasteiger partial charge in [-0.3, -0.25) is 0 Å². The summed E-state index contributed by atoms with van der Waals surface area (Å²) < 4.78 is 8.11. The minimum atomic E-state index is -0.141. The average molecular weight is 898 g/mol. The standard InChI is InChI=1S/C32H40ClN4O2.C6H4Cl.U/c1-25-8-11-28(33)22-31(25)30-14-19-37(24-38)32(26(30)2)27-9-12-29(13-10-27)39-21-6-4-3-5-15-34-16-7-18-36-20-17-35-23-36;7-6-4-2-1-3-5-6;/h8-13,17,20,22-23,32,34H,3-7,14-16,18-19,21H2,1-2H3;2-5H;/q2*-1;+2. The molecule has 1 aromatic heterocycles. The molecule has 0 aliphatic carbocycles. The van der Waals surface area contributed by atoms with E-state index in [1.165, 1.54) is 24.0 Å². The summed E-state index contributed by atoms with van der Waals surface area (Å²) in [6, 6.07) is 24.0. The molecule has 47 heavy (non-hydrogen) atoms. The average Bonchev–Trinajstić information content (AvgIpc) is 3.59. The topological polar surface area (TPSA) is 59.4 Å². The monoisotopic (exact) mass is 896 g/mol. The van der Waals surface area contributed by atoms with E-state index in [-0.39, 0.29) is 37.2 Å². The van der Waals surface area contributed by atoms with Crippen molar-refractivity contribution < 1.29 is 40.6 Å². The zero-order valence-electron chi connectivity index (χ0n) is 27.4. The normalized spacial score (nSPS) is 14.2. The van der Waals surface area contributed by atoms with Gasteiger partial charge in [-0.05, 0) is 111 Å². The van der Waals surface area contributed by atoms with Gasteiger partial charge < -0.3 is 24.3 Å². The second-order valence-electron chi connectivity index (χ2n) is 11.5. The van der Waals surface area contributed by atoms with Crippen LogP contribution >= 0.6 is 23.2 Å². The Labute approximate surface area is 314 Å². The number of aromatic nitrogens is 2. The first-order valence-corrected chi connectivity index (χ1v) is 16.8. The Kier molecular flexibility index (Phi) is 17.8. The molecule has 3 aromatic carbocycles. The van der Waals surface area contributed by atoms with Gasteiger partial charge in [-0.1, -0.05) is 47.7 Å². The van der Waals surface area contributed by atoms with Gasteiger partial charge in [0.1, 0.15) is 5.75 Å². The van der Waals surface area contributed by atoms with Gasteiger partial charge in [0.25, 0.3) is 0 Å². The maximum Gasteiger partial charge on any atom is 2.00 e. The van der Waals surface area contributed by atoms with Crippen molar-refractivity contribution in [2.45, 2.75) is 65.0 Å². The predicted octanol–water partition coefficient (Wildman–Crippen LogP) is 8.89. The van der Waals surface area contributed by atoms with Crippen LogP contribution in [0.25, 0.3) is 5.57 Å². The quantitative estimate of drug-likeness (QED) is 0.0958. The fraction of sp³-hybridized carbons (Fsp3) is 0.368. The molecule has 2 heterocycles. The first kappa shape index (κ1) is 38.9. The van der Waals surface area contributed by atoms with Crippen molar-refractivity contribution in [3.63, 3.8) is 0 Å². The van der Waals surface area contributed by atoms with E-state index in [0.717, 1.165) is 77.8 Å². The maximum atomic E-state index is 11.8. The van der Waals surface area contributed by atoms with Crippen LogP contribution in [0.4, 0.5) is 0 Å². The molecule has 1 aliphatic heterocycles. The first-order valence-electron chi connectivity index (χ1n) is 16.1. The van der Waals surface area contributed by atoms with Crippen LogP contribution in [0.5, 0.6) is 5.75 Å². The van der Waals surface area contributed by atoms with Crippen molar-refractivity contribution in [3.8, 4) is 5.75 Å². The summed E-state index contributed by atoms with van der Waals surface area (Å²) in [5, 5.41) is 5.01. The number of carbonyl (C=O) groups excluding carboxylic acids is 1. The van der Waals surface area contributed by atoms with Crippen LogP contribution in [-0.2, 0) is 11.3 Å². The summed E-state index contributed by atoms with van der Waals surface area (Å²) >= 11 is 11.8. The molecule has 9 heteroatoms. The molecule has 5 rings (SSSR count). The Hall–Kier alpha value is -2.53. The molecule has 0 fully saturated rings. The van der Waals surface area contributed by atoms with Crippen molar-refractivity contribution in [1.29, 1.82) is 0 Å². The maximum absolute atomic E-state index is 11.8. The minimum Gasteiger partial charge on any atom is -0.520 e. The molecule has 4 aromatic rings. The van der Waals surface area contributed by atoms with Gasteiger partial charge in [-0.2, -0.15) is 36.7 Å². The second-order valence-corrected chi connectivity index (χ2v) is 12.4. The van der Waals surface area contributed by atoms with Crippen molar-refractivity contribution in [2.75, 3.05) is 26.2 Å². The molecule has 0 spiro atoms. The Morgan fingerprint density at radius 3 is 2.38 bits per heavy atom. The molecule has 1 unspecified atom stereocenters. The summed E-state index contributed by atoms with van der Waals surface area (Å²) in [5.41, 5.74) is 5.85. The molecule has 0 radical (unpaired) electrons. The van der Waals surface area contributed by atoms with Crippen molar-refractivity contribution in [3.05, 3.63) is 124 Å². The van der Waals surface area contributed by atoms with Crippen LogP contribution in [0.2, 0.25) is 10.0 Å². The van der Waals surface area contributed by atoms with Gasteiger partial charge in [0.2, 0.25) is 0 Å². The number of amides is 1. The van der Waals surface area contributed by atoms with E-state index in [4.69, 9.17) is 27.9 Å². The third-order valence-electron chi connectivity index (χ3n) is 8.16. The fourth-order valence-electron chi connectivity index (χ4n) is 5.69. The zero-order chi connectivity index (χ0) is 32.6. The molecule has 0 bridgehead atoms. The molecule has 1 N–H and O–H groups in total. The molecular weight excluding hydrogens is 853 g/mol. The number of nitrogens with zero attached hydrogens (tertiary/aromatic N) is 3. The van der Waals surface area contributed by atoms with E-state index in [9.17, 15) is 4.79 Å². The Bertz CT molecular complexity index is 1500. The van der Waals surface area contributed by atoms with Crippen LogP contribution < -0.4 is 10.1 Å². The number of hydrogen-bond acceptors (Lipinski definition) is 4. The van der Waals surface area contributed by atoms with Crippen LogP contribution in [-0.4, -0.2) is 47.1 Å². The van der Waals surface area contributed by atoms with Gasteiger partial charge >= 0.3 is 31.1 Å². The van der Waals surface area contributed by atoms with E-state index >= 15 is 0 Å². The van der Waals surface area contributed by atoms with Gasteiger partial charge in [0, 0.05) is 30.0 Å². The number of benzene rings is 3. The van der Waals surface area contributed by atoms with Crippen LogP contribution in [0.15, 0.2) is 91.0 Å². The van der Waals surface area contributed by atoms with E-state index in [2.05, 4.69) is 59.4 Å². The number of nitrogens with one attached hydrogen (secondary N) is 1. The summed E-state index contributed by atoms with van der Waals surface area (Å²) in [6.45, 7) is 8.69. The third kappa shape index (κ3) is 12.8. The minimum absolute atomic E-state index is 0. The largest absolute Gasteiger partial charge is 2.00 e. The van der Waals surface area contributed by atoms with Gasteiger partial charge in [0.05, 0.1) is 12.9 Å². The Balaban J connectivity index is 0.000000665. The van der Waals surface area contributed by atoms with E-state index in [1.54, 1.807) is 29.2 Å². The Morgan fingerprint density at radius 1 is 0.957 bits per heavy atom. The second kappa shape index (κ2) is 21.4. The van der Waals surface area contributed by atoms with E-state index < -0.39 is 0 Å². The fourth-order valence-corrected chi connectivity index (χ4v) is 5.99. The third-order valence-corrected chi connectivity index (χ3v) is 8.65. The zero-order valence-corrected chi connectivity index (χ0v) is 33.0. The van der Waals surface area contributed by atoms with E-state index in [0.29, 0.717) is 13.2 Å². The summed E-state index contributed by atoms with van der Waals surface area (Å²) in [7, 11) is 0. The summed E-state index contributed by atoms with van der Waals surface area (Å²) in [5.74, 6) is 0.864. The first-order chi connectivity index (χ1) is 22.5. The summed E-state index contributed by atoms with van der Waals surface area (Å²) in [6.07, 6.45) is 14.4. The van der Waals surface area contributed by atoms with Gasteiger partial charge in [0.15, 0.2) is 0 Å². The number of unbranched alkanes of at least 4 members (excludes halogenated alkanes) is 3. The van der Waals surface area contributed by atoms with Gasteiger partial charge in [-0.15, -0.1) is 11.6 Å². The van der Waals surface area contributed by atoms with Crippen LogP contribution in [0, 0.1) is 44.1 Å². The van der Waals surface area contributed by atoms with Crippen molar-refractivity contribution in [2.24, 2.45) is 0 Å². The number of ether oxygens (including phenoxy) is 1. The number of imidazole rings is 1. The number of aryl methyl sites for hydroxylation is 2. The number of halogens is 2. The molecule has 1 aliphatic rings. The number of hydrogen-bond donors (Lipinski definition) is 1. The number of rotatable bonds is 15. The van der Waals surface area contributed by atoms with E-state index in [1.807, 2.05) is 43.0 Å². The smallest absolute Gasteiger partial charge is 0.520 e. The molecule has 1 atom stereocenters. The predicted molar refractivity (Wildman–Crippen MR) is 189 cm³/mol. The molecule has 0 saturated heterocycles. The molecular formula is C38H44Cl2N4O2U.